The summed E-state index contributed by atoms with van der Waals surface area (Å²) in [5.41, 5.74) is 1.89. The molecule has 1 aliphatic heterocycles. The number of aromatic nitrogens is 2. The van der Waals surface area contributed by atoms with Crippen LogP contribution >= 0.6 is 0 Å². The first-order chi connectivity index (χ1) is 17.1. The van der Waals surface area contributed by atoms with Crippen LogP contribution in [0.15, 0.2) is 79.0 Å². The van der Waals surface area contributed by atoms with Crippen molar-refractivity contribution < 1.29 is 14.3 Å². The number of fused-ring (bicyclic) bond motifs is 2. The average molecular weight is 470 g/mol. The number of hydrogen-bond donors (Lipinski definition) is 1. The second kappa shape index (κ2) is 8.61. The summed E-state index contributed by atoms with van der Waals surface area (Å²) < 4.78 is 15.4. The zero-order valence-electron chi connectivity index (χ0n) is 19.5. The Bertz CT molecular complexity index is 1370. The summed E-state index contributed by atoms with van der Waals surface area (Å²) in [6.07, 6.45) is 6.25. The normalized spacial score (nSPS) is 24.3. The van der Waals surface area contributed by atoms with Gasteiger partial charge in [0, 0.05) is 30.3 Å². The molecule has 35 heavy (non-hydrogen) atoms. The summed E-state index contributed by atoms with van der Waals surface area (Å²) in [7, 11) is 0. The molecule has 2 aromatic heterocycles. The largest absolute Gasteiger partial charge is 0.385 e. The summed E-state index contributed by atoms with van der Waals surface area (Å²) in [4.78, 5) is 20.8. The van der Waals surface area contributed by atoms with Crippen molar-refractivity contribution in [1.29, 1.82) is 0 Å². The summed E-state index contributed by atoms with van der Waals surface area (Å²) in [6.45, 7) is 0.475. The quantitative estimate of drug-likeness (QED) is 0.435. The van der Waals surface area contributed by atoms with Gasteiger partial charge in [-0.3, -0.25) is 9.20 Å². The molecule has 0 spiro atoms. The van der Waals surface area contributed by atoms with Gasteiger partial charge in [-0.25, -0.2) is 9.37 Å². The Morgan fingerprint density at radius 3 is 2.51 bits per heavy atom. The van der Waals surface area contributed by atoms with E-state index in [1.165, 1.54) is 12.1 Å². The average Bonchev–Trinajstić information content (AvgIpc) is 3.29. The van der Waals surface area contributed by atoms with Crippen LogP contribution < -0.4 is 0 Å². The topological polar surface area (TPSA) is 57.8 Å². The van der Waals surface area contributed by atoms with Gasteiger partial charge in [-0.2, -0.15) is 0 Å². The molecule has 5 nitrogen and oxygen atoms in total. The van der Waals surface area contributed by atoms with E-state index < -0.39 is 5.60 Å². The van der Waals surface area contributed by atoms with Crippen molar-refractivity contribution in [2.45, 2.75) is 43.7 Å². The van der Waals surface area contributed by atoms with Crippen LogP contribution in [-0.4, -0.2) is 37.9 Å². The highest BCUT2D eigenvalue weighted by molar-refractivity contribution is 6.00. The van der Waals surface area contributed by atoms with Gasteiger partial charge in [-0.05, 0) is 61.2 Å². The molecule has 6 heteroatoms. The van der Waals surface area contributed by atoms with Crippen molar-refractivity contribution in [3.8, 4) is 11.4 Å². The molecule has 3 heterocycles. The maximum atomic E-state index is 14.0. The number of pyridine rings is 1. The first-order valence-electron chi connectivity index (χ1n) is 12.4. The van der Waals surface area contributed by atoms with Crippen LogP contribution in [0, 0.1) is 11.7 Å². The van der Waals surface area contributed by atoms with Crippen LogP contribution in [0.1, 0.15) is 48.2 Å². The molecule has 3 atom stereocenters. The highest BCUT2D eigenvalue weighted by Gasteiger charge is 2.50. The fourth-order valence-electron chi connectivity index (χ4n) is 6.15. The van der Waals surface area contributed by atoms with Crippen molar-refractivity contribution >= 4 is 11.4 Å². The third-order valence-electron chi connectivity index (χ3n) is 7.86. The lowest BCUT2D eigenvalue weighted by molar-refractivity contribution is -0.110. The van der Waals surface area contributed by atoms with Gasteiger partial charge in [-0.15, -0.1) is 0 Å². The SMILES string of the molecule is O=C(c1nc(-c2ccc(F)cc2)n2ccccc12)N1CC[C@@](O)(c2ccccc2)[C@@H]2CCCCC21. The zero-order chi connectivity index (χ0) is 24.0. The fourth-order valence-corrected chi connectivity index (χ4v) is 6.15. The van der Waals surface area contributed by atoms with E-state index >= 15 is 0 Å². The number of halogens is 1. The van der Waals surface area contributed by atoms with Crippen LogP contribution in [0.2, 0.25) is 0 Å². The second-order valence-corrected chi connectivity index (χ2v) is 9.74. The van der Waals surface area contributed by atoms with Crippen molar-refractivity contribution in [1.82, 2.24) is 14.3 Å². The molecular formula is C29H28FN3O2. The zero-order valence-corrected chi connectivity index (χ0v) is 19.5. The van der Waals surface area contributed by atoms with E-state index in [0.29, 0.717) is 24.5 Å². The number of amides is 1. The number of rotatable bonds is 3. The predicted octanol–water partition coefficient (Wildman–Crippen LogP) is 5.43. The number of carbonyl (C=O) groups is 1. The molecule has 1 amide bonds. The van der Waals surface area contributed by atoms with E-state index in [9.17, 15) is 14.3 Å². The Labute approximate surface area is 203 Å². The highest BCUT2D eigenvalue weighted by atomic mass is 19.1. The molecule has 4 aromatic rings. The molecule has 178 valence electrons. The third-order valence-corrected chi connectivity index (χ3v) is 7.86. The lowest BCUT2D eigenvalue weighted by Crippen LogP contribution is -2.59. The Balaban J connectivity index is 1.39. The summed E-state index contributed by atoms with van der Waals surface area (Å²) >= 11 is 0. The Morgan fingerprint density at radius 1 is 0.971 bits per heavy atom. The monoisotopic (exact) mass is 469 g/mol. The molecule has 2 aromatic carbocycles. The highest BCUT2D eigenvalue weighted by Crippen LogP contribution is 2.47. The van der Waals surface area contributed by atoms with Crippen molar-refractivity contribution in [3.63, 3.8) is 0 Å². The minimum Gasteiger partial charge on any atom is -0.385 e. The Morgan fingerprint density at radius 2 is 1.71 bits per heavy atom. The number of piperidine rings is 1. The molecule has 1 aliphatic carbocycles. The number of imidazole rings is 1. The van der Waals surface area contributed by atoms with Gasteiger partial charge in [0.1, 0.15) is 11.6 Å². The summed E-state index contributed by atoms with van der Waals surface area (Å²) in [5, 5.41) is 11.9. The van der Waals surface area contributed by atoms with E-state index in [1.807, 2.05) is 64.0 Å². The molecule has 2 aliphatic rings. The standard InChI is InChI=1S/C29H28FN3O2/c30-22-15-13-20(14-16-22)27-31-26(25-12-6-7-18-32(25)27)28(34)33-19-17-29(35,21-8-2-1-3-9-21)23-10-4-5-11-24(23)33/h1-3,6-9,12-16,18,23-24,35H,4-5,10-11,17,19H2/t23-,24?,29-/m1/s1. The van der Waals surface area contributed by atoms with Gasteiger partial charge in [0.15, 0.2) is 5.69 Å². The van der Waals surface area contributed by atoms with E-state index in [2.05, 4.69) is 0 Å². The lowest BCUT2D eigenvalue weighted by Gasteiger charge is -2.52. The number of nitrogens with zero attached hydrogens (tertiary/aromatic N) is 3. The molecule has 1 saturated heterocycles. The molecule has 0 radical (unpaired) electrons. The number of likely N-dealkylation sites (tertiary alicyclic amines) is 1. The second-order valence-electron chi connectivity index (χ2n) is 9.74. The van der Waals surface area contributed by atoms with Gasteiger partial charge < -0.3 is 10.0 Å². The lowest BCUT2D eigenvalue weighted by atomic mass is 9.66. The molecule has 1 unspecified atom stereocenters. The van der Waals surface area contributed by atoms with Crippen LogP contribution in [-0.2, 0) is 5.60 Å². The van der Waals surface area contributed by atoms with Crippen LogP contribution in [0.5, 0.6) is 0 Å². The van der Waals surface area contributed by atoms with Crippen LogP contribution in [0.25, 0.3) is 16.9 Å². The van der Waals surface area contributed by atoms with Gasteiger partial charge in [-0.1, -0.05) is 49.2 Å². The molecule has 2 fully saturated rings. The van der Waals surface area contributed by atoms with Crippen LogP contribution in [0.4, 0.5) is 4.39 Å². The third kappa shape index (κ3) is 3.64. The number of hydrogen-bond acceptors (Lipinski definition) is 3. The first kappa shape index (κ1) is 22.0. The van der Waals surface area contributed by atoms with Crippen LogP contribution in [0.3, 0.4) is 0 Å². The maximum absolute atomic E-state index is 14.0. The molecule has 0 bridgehead atoms. The minimum atomic E-state index is -0.932. The van der Waals surface area contributed by atoms with Gasteiger partial charge in [0.25, 0.3) is 5.91 Å². The van der Waals surface area contributed by atoms with Crippen molar-refractivity contribution in [2.75, 3.05) is 6.54 Å². The maximum Gasteiger partial charge on any atom is 0.274 e. The van der Waals surface area contributed by atoms with E-state index in [4.69, 9.17) is 4.98 Å². The summed E-state index contributed by atoms with van der Waals surface area (Å²) in [6, 6.07) is 21.7. The summed E-state index contributed by atoms with van der Waals surface area (Å²) in [5.74, 6) is 0.186. The molecule has 1 N–H and O–H groups in total. The predicted molar refractivity (Wildman–Crippen MR) is 132 cm³/mol. The van der Waals surface area contributed by atoms with E-state index in [-0.39, 0.29) is 23.7 Å². The number of aliphatic hydroxyl groups is 1. The molecular weight excluding hydrogens is 441 g/mol. The first-order valence-corrected chi connectivity index (χ1v) is 12.4. The Kier molecular flexibility index (Phi) is 5.41. The number of benzene rings is 2. The number of carbonyl (C=O) groups excluding carboxylic acids is 1. The van der Waals surface area contributed by atoms with E-state index in [0.717, 1.165) is 42.3 Å². The van der Waals surface area contributed by atoms with Gasteiger partial charge in [0.05, 0.1) is 11.1 Å². The molecule has 6 rings (SSSR count). The van der Waals surface area contributed by atoms with Crippen molar-refractivity contribution in [3.05, 3.63) is 96.1 Å². The van der Waals surface area contributed by atoms with Gasteiger partial charge in [0.2, 0.25) is 0 Å². The van der Waals surface area contributed by atoms with Crippen molar-refractivity contribution in [2.24, 2.45) is 5.92 Å². The van der Waals surface area contributed by atoms with E-state index in [1.54, 1.807) is 12.1 Å². The minimum absolute atomic E-state index is 0.0122. The van der Waals surface area contributed by atoms with Gasteiger partial charge >= 0.3 is 0 Å². The molecule has 1 saturated carbocycles. The fraction of sp³-hybridized carbons (Fsp3) is 0.310. The smallest absolute Gasteiger partial charge is 0.274 e. The Hall–Kier alpha value is -3.51.